The zero-order chi connectivity index (χ0) is 20.0. The number of ether oxygens (including phenoxy) is 1. The first-order chi connectivity index (χ1) is 13.4. The molecule has 1 heterocycles. The van der Waals surface area contributed by atoms with Gasteiger partial charge in [0, 0.05) is 31.5 Å². The van der Waals surface area contributed by atoms with Crippen molar-refractivity contribution in [2.75, 3.05) is 39.1 Å². The molecule has 150 valence electrons. The van der Waals surface area contributed by atoms with Crippen LogP contribution in [0.25, 0.3) is 0 Å². The molecule has 28 heavy (non-hydrogen) atoms. The van der Waals surface area contributed by atoms with E-state index in [1.807, 2.05) is 30.3 Å². The number of nitrogens with zero attached hydrogens (tertiary/aromatic N) is 1. The Hall–Kier alpha value is -2.22. The van der Waals surface area contributed by atoms with Crippen molar-refractivity contribution in [1.29, 1.82) is 0 Å². The standard InChI is InChI=1S/C21H26N2O4S/c1-28(25,26)16-17-6-5-9-19(14-17)21(24)22-20(18-7-3-2-4-8-18)15-23-10-12-27-13-11-23/h2-9,14,20H,10-13,15-16H2,1H3,(H,22,24). The Morgan fingerprint density at radius 1 is 1.11 bits per heavy atom. The van der Waals surface area contributed by atoms with Gasteiger partial charge in [0.15, 0.2) is 9.84 Å². The molecule has 3 rings (SSSR count). The summed E-state index contributed by atoms with van der Waals surface area (Å²) in [7, 11) is -3.16. The van der Waals surface area contributed by atoms with Crippen LogP contribution >= 0.6 is 0 Å². The summed E-state index contributed by atoms with van der Waals surface area (Å²) in [6.45, 7) is 3.76. The van der Waals surface area contributed by atoms with Gasteiger partial charge in [-0.25, -0.2) is 8.42 Å². The van der Waals surface area contributed by atoms with E-state index in [2.05, 4.69) is 10.2 Å². The summed E-state index contributed by atoms with van der Waals surface area (Å²) >= 11 is 0. The number of carbonyl (C=O) groups excluding carboxylic acids is 1. The van der Waals surface area contributed by atoms with Crippen LogP contribution in [0.4, 0.5) is 0 Å². The van der Waals surface area contributed by atoms with Crippen LogP contribution in [0.2, 0.25) is 0 Å². The Labute approximate surface area is 166 Å². The molecule has 0 bridgehead atoms. The van der Waals surface area contributed by atoms with E-state index < -0.39 is 9.84 Å². The fraction of sp³-hybridized carbons (Fsp3) is 0.381. The average Bonchev–Trinajstić information content (AvgIpc) is 2.68. The fourth-order valence-corrected chi connectivity index (χ4v) is 4.09. The van der Waals surface area contributed by atoms with Crippen LogP contribution in [-0.4, -0.2) is 58.3 Å². The van der Waals surface area contributed by atoms with Crippen LogP contribution in [0.15, 0.2) is 54.6 Å². The first-order valence-electron chi connectivity index (χ1n) is 9.33. The van der Waals surface area contributed by atoms with Gasteiger partial charge in [0.25, 0.3) is 5.91 Å². The summed E-state index contributed by atoms with van der Waals surface area (Å²) in [5, 5.41) is 3.12. The van der Waals surface area contributed by atoms with Gasteiger partial charge in [0.2, 0.25) is 0 Å². The Bertz CT molecular complexity index is 894. The number of morpholine rings is 1. The number of sulfone groups is 1. The second-order valence-corrected chi connectivity index (χ2v) is 9.26. The molecule has 1 fully saturated rings. The Morgan fingerprint density at radius 3 is 2.50 bits per heavy atom. The van der Waals surface area contributed by atoms with E-state index in [4.69, 9.17) is 4.74 Å². The van der Waals surface area contributed by atoms with Crippen LogP contribution < -0.4 is 5.32 Å². The second kappa shape index (κ2) is 9.32. The number of amides is 1. The van der Waals surface area contributed by atoms with E-state index in [1.54, 1.807) is 24.3 Å². The third kappa shape index (κ3) is 6.15. The van der Waals surface area contributed by atoms with Crippen molar-refractivity contribution < 1.29 is 17.9 Å². The molecule has 2 aromatic rings. The summed E-state index contributed by atoms with van der Waals surface area (Å²) in [5.74, 6) is -0.290. The van der Waals surface area contributed by atoms with E-state index in [0.29, 0.717) is 30.9 Å². The summed E-state index contributed by atoms with van der Waals surface area (Å²) in [4.78, 5) is 15.2. The van der Waals surface area contributed by atoms with E-state index in [0.717, 1.165) is 18.7 Å². The Kier molecular flexibility index (Phi) is 6.83. The predicted octanol–water partition coefficient (Wildman–Crippen LogP) is 2.03. The van der Waals surface area contributed by atoms with Gasteiger partial charge < -0.3 is 10.1 Å². The van der Waals surface area contributed by atoms with Crippen molar-refractivity contribution in [3.05, 3.63) is 71.3 Å². The number of hydrogen-bond donors (Lipinski definition) is 1. The van der Waals surface area contributed by atoms with Gasteiger partial charge in [-0.1, -0.05) is 42.5 Å². The van der Waals surface area contributed by atoms with E-state index in [1.165, 1.54) is 6.26 Å². The van der Waals surface area contributed by atoms with Crippen molar-refractivity contribution >= 4 is 15.7 Å². The normalized spacial score (nSPS) is 16.5. The van der Waals surface area contributed by atoms with E-state index in [-0.39, 0.29) is 17.7 Å². The summed E-state index contributed by atoms with van der Waals surface area (Å²) in [6, 6.07) is 16.5. The molecule has 0 radical (unpaired) electrons. The third-order valence-electron chi connectivity index (χ3n) is 4.67. The number of hydrogen-bond acceptors (Lipinski definition) is 5. The lowest BCUT2D eigenvalue weighted by atomic mass is 10.0. The predicted molar refractivity (Wildman–Crippen MR) is 109 cm³/mol. The number of benzene rings is 2. The van der Waals surface area contributed by atoms with Gasteiger partial charge in [-0.3, -0.25) is 9.69 Å². The van der Waals surface area contributed by atoms with Crippen molar-refractivity contribution in [2.24, 2.45) is 0 Å². The van der Waals surface area contributed by atoms with Crippen LogP contribution in [0.5, 0.6) is 0 Å². The topological polar surface area (TPSA) is 75.7 Å². The molecule has 1 atom stereocenters. The second-order valence-electron chi connectivity index (χ2n) is 7.12. The molecule has 6 nitrogen and oxygen atoms in total. The van der Waals surface area contributed by atoms with Crippen LogP contribution in [0, 0.1) is 0 Å². The van der Waals surface area contributed by atoms with E-state index >= 15 is 0 Å². The number of carbonyl (C=O) groups is 1. The SMILES string of the molecule is CS(=O)(=O)Cc1cccc(C(=O)NC(CN2CCOCC2)c2ccccc2)c1. The van der Waals surface area contributed by atoms with Crippen molar-refractivity contribution in [2.45, 2.75) is 11.8 Å². The maximum Gasteiger partial charge on any atom is 0.251 e. The first-order valence-corrected chi connectivity index (χ1v) is 11.4. The highest BCUT2D eigenvalue weighted by molar-refractivity contribution is 7.89. The van der Waals surface area contributed by atoms with Crippen molar-refractivity contribution in [3.63, 3.8) is 0 Å². The van der Waals surface area contributed by atoms with Crippen LogP contribution in [-0.2, 0) is 20.3 Å². The molecule has 1 amide bonds. The molecule has 7 heteroatoms. The molecule has 1 aliphatic rings. The lowest BCUT2D eigenvalue weighted by Crippen LogP contribution is -2.43. The minimum Gasteiger partial charge on any atom is -0.379 e. The quantitative estimate of drug-likeness (QED) is 0.767. The molecule has 0 saturated carbocycles. The van der Waals surface area contributed by atoms with E-state index in [9.17, 15) is 13.2 Å². The zero-order valence-corrected chi connectivity index (χ0v) is 16.8. The molecule has 1 saturated heterocycles. The monoisotopic (exact) mass is 402 g/mol. The van der Waals surface area contributed by atoms with Gasteiger partial charge in [0.05, 0.1) is 25.0 Å². The molecular weight excluding hydrogens is 376 g/mol. The maximum absolute atomic E-state index is 12.9. The van der Waals surface area contributed by atoms with Crippen molar-refractivity contribution in [1.82, 2.24) is 10.2 Å². The molecule has 1 aliphatic heterocycles. The maximum atomic E-state index is 12.9. The summed E-state index contributed by atoms with van der Waals surface area (Å²) in [5.41, 5.74) is 2.11. The van der Waals surface area contributed by atoms with Gasteiger partial charge in [-0.05, 0) is 23.3 Å². The number of nitrogens with one attached hydrogen (secondary N) is 1. The van der Waals surface area contributed by atoms with Gasteiger partial charge in [0.1, 0.15) is 0 Å². The van der Waals surface area contributed by atoms with Crippen molar-refractivity contribution in [3.8, 4) is 0 Å². The lowest BCUT2D eigenvalue weighted by Gasteiger charge is -2.31. The van der Waals surface area contributed by atoms with Crippen LogP contribution in [0.3, 0.4) is 0 Å². The summed E-state index contributed by atoms with van der Waals surface area (Å²) in [6.07, 6.45) is 1.19. The molecule has 0 aromatic heterocycles. The number of rotatable bonds is 7. The van der Waals surface area contributed by atoms with Crippen LogP contribution in [0.1, 0.15) is 27.5 Å². The lowest BCUT2D eigenvalue weighted by molar-refractivity contribution is 0.0332. The first kappa shape index (κ1) is 20.5. The third-order valence-corrected chi connectivity index (χ3v) is 5.53. The molecule has 1 unspecified atom stereocenters. The minimum absolute atomic E-state index is 0.0794. The fourth-order valence-electron chi connectivity index (χ4n) is 3.31. The van der Waals surface area contributed by atoms with Gasteiger partial charge in [-0.2, -0.15) is 0 Å². The minimum atomic E-state index is -3.16. The van der Waals surface area contributed by atoms with Gasteiger partial charge >= 0.3 is 0 Å². The average molecular weight is 403 g/mol. The Balaban J connectivity index is 1.76. The van der Waals surface area contributed by atoms with Gasteiger partial charge in [-0.15, -0.1) is 0 Å². The highest BCUT2D eigenvalue weighted by Crippen LogP contribution is 2.17. The largest absolute Gasteiger partial charge is 0.379 e. The molecular formula is C21H26N2O4S. The zero-order valence-electron chi connectivity index (χ0n) is 16.0. The highest BCUT2D eigenvalue weighted by Gasteiger charge is 2.21. The summed E-state index contributed by atoms with van der Waals surface area (Å²) < 4.78 is 28.5. The highest BCUT2D eigenvalue weighted by atomic mass is 32.2. The molecule has 0 aliphatic carbocycles. The smallest absolute Gasteiger partial charge is 0.251 e. The Morgan fingerprint density at radius 2 is 1.82 bits per heavy atom. The molecule has 1 N–H and O–H groups in total. The molecule has 0 spiro atoms. The molecule has 2 aromatic carbocycles.